The van der Waals surface area contributed by atoms with Gasteiger partial charge in [0.25, 0.3) is 0 Å². The molecule has 1 aliphatic rings. The summed E-state index contributed by atoms with van der Waals surface area (Å²) in [6.45, 7) is 2.82. The average Bonchev–Trinajstić information content (AvgIpc) is 2.19. The minimum absolute atomic E-state index is 0.768. The maximum atomic E-state index is 4.39. The van der Waals surface area contributed by atoms with E-state index in [0.29, 0.717) is 0 Å². The standard InChI is InChI=1S/C11H11BrN2/c1-8-6-7-13-11(14-8)9-2-4-10(12)5-3-9/h2-6H,7H2,1H3,(H,13,14). The first-order valence-corrected chi connectivity index (χ1v) is 5.29. The summed E-state index contributed by atoms with van der Waals surface area (Å²) in [6.07, 6.45) is 2.07. The van der Waals surface area contributed by atoms with Crippen LogP contribution < -0.4 is 5.32 Å². The third-order valence-electron chi connectivity index (χ3n) is 2.08. The molecule has 0 spiro atoms. The number of aliphatic imine (C=N–C) groups is 1. The number of allylic oxidation sites excluding steroid dienone is 1. The van der Waals surface area contributed by atoms with E-state index >= 15 is 0 Å². The van der Waals surface area contributed by atoms with Crippen LogP contribution in [-0.2, 0) is 0 Å². The van der Waals surface area contributed by atoms with E-state index in [0.717, 1.165) is 28.1 Å². The van der Waals surface area contributed by atoms with Crippen LogP contribution in [0.4, 0.5) is 0 Å². The van der Waals surface area contributed by atoms with Gasteiger partial charge in [-0.05, 0) is 25.1 Å². The van der Waals surface area contributed by atoms with Gasteiger partial charge >= 0.3 is 0 Å². The summed E-state index contributed by atoms with van der Waals surface area (Å²) >= 11 is 3.41. The molecule has 1 heterocycles. The minimum atomic E-state index is 0.768. The first-order valence-electron chi connectivity index (χ1n) is 4.50. The number of rotatable bonds is 1. The van der Waals surface area contributed by atoms with Crippen molar-refractivity contribution in [3.05, 3.63) is 46.1 Å². The summed E-state index contributed by atoms with van der Waals surface area (Å²) in [4.78, 5) is 4.39. The second kappa shape index (κ2) is 3.96. The highest BCUT2D eigenvalue weighted by atomic mass is 79.9. The van der Waals surface area contributed by atoms with E-state index in [1.165, 1.54) is 0 Å². The number of hydrogen-bond acceptors (Lipinski definition) is 2. The molecule has 0 unspecified atom stereocenters. The molecule has 72 valence electrons. The Bertz CT molecular complexity index is 390. The van der Waals surface area contributed by atoms with Crippen LogP contribution in [-0.4, -0.2) is 12.4 Å². The van der Waals surface area contributed by atoms with Crippen molar-refractivity contribution in [2.24, 2.45) is 4.99 Å². The Morgan fingerprint density at radius 2 is 2.00 bits per heavy atom. The predicted molar refractivity (Wildman–Crippen MR) is 62.4 cm³/mol. The van der Waals surface area contributed by atoms with Crippen molar-refractivity contribution < 1.29 is 0 Å². The Morgan fingerprint density at radius 3 is 2.64 bits per heavy atom. The average molecular weight is 251 g/mol. The van der Waals surface area contributed by atoms with Gasteiger partial charge in [-0.25, -0.2) is 0 Å². The topological polar surface area (TPSA) is 24.4 Å². The summed E-state index contributed by atoms with van der Waals surface area (Å²) in [5.74, 6) is 0.956. The van der Waals surface area contributed by atoms with Crippen LogP contribution in [0.1, 0.15) is 12.5 Å². The van der Waals surface area contributed by atoms with Crippen molar-refractivity contribution in [1.29, 1.82) is 0 Å². The van der Waals surface area contributed by atoms with Gasteiger partial charge < -0.3 is 5.32 Å². The number of hydrogen-bond donors (Lipinski definition) is 1. The lowest BCUT2D eigenvalue weighted by Gasteiger charge is -2.14. The van der Waals surface area contributed by atoms with E-state index in [-0.39, 0.29) is 0 Å². The lowest BCUT2D eigenvalue weighted by Crippen LogP contribution is -2.25. The van der Waals surface area contributed by atoms with Crippen molar-refractivity contribution in [3.63, 3.8) is 0 Å². The van der Waals surface area contributed by atoms with Gasteiger partial charge in [0, 0.05) is 15.7 Å². The van der Waals surface area contributed by atoms with Crippen molar-refractivity contribution in [3.8, 4) is 0 Å². The zero-order valence-corrected chi connectivity index (χ0v) is 9.51. The molecule has 1 aromatic rings. The molecule has 0 aliphatic carbocycles. The minimum Gasteiger partial charge on any atom is -0.344 e. The molecule has 0 radical (unpaired) electrons. The maximum Gasteiger partial charge on any atom is 0.132 e. The highest BCUT2D eigenvalue weighted by molar-refractivity contribution is 9.10. The second-order valence-electron chi connectivity index (χ2n) is 3.21. The number of benzene rings is 1. The summed E-state index contributed by atoms with van der Waals surface area (Å²) < 4.78 is 1.09. The van der Waals surface area contributed by atoms with Gasteiger partial charge in [-0.15, -0.1) is 0 Å². The van der Waals surface area contributed by atoms with Crippen LogP contribution in [0.25, 0.3) is 0 Å². The fraction of sp³-hybridized carbons (Fsp3) is 0.182. The molecule has 1 aromatic carbocycles. The van der Waals surface area contributed by atoms with Gasteiger partial charge in [0.1, 0.15) is 5.84 Å². The second-order valence-corrected chi connectivity index (χ2v) is 4.12. The molecule has 2 rings (SSSR count). The lowest BCUT2D eigenvalue weighted by atomic mass is 10.2. The molecular formula is C11H11BrN2. The monoisotopic (exact) mass is 250 g/mol. The summed E-state index contributed by atoms with van der Waals surface area (Å²) in [6, 6.07) is 8.14. The largest absolute Gasteiger partial charge is 0.344 e. The van der Waals surface area contributed by atoms with Gasteiger partial charge in [0.05, 0.1) is 6.54 Å². The van der Waals surface area contributed by atoms with E-state index in [9.17, 15) is 0 Å². The molecule has 1 aliphatic heterocycles. The van der Waals surface area contributed by atoms with Crippen LogP contribution in [0.15, 0.2) is 45.5 Å². The lowest BCUT2D eigenvalue weighted by molar-refractivity contribution is 1.01. The first-order chi connectivity index (χ1) is 6.75. The molecule has 0 aromatic heterocycles. The smallest absolute Gasteiger partial charge is 0.132 e. The fourth-order valence-electron chi connectivity index (χ4n) is 1.32. The quantitative estimate of drug-likeness (QED) is 0.815. The van der Waals surface area contributed by atoms with E-state index in [2.05, 4.69) is 44.4 Å². The Hall–Kier alpha value is -1.09. The number of halogens is 1. The molecule has 0 atom stereocenters. The Kier molecular flexibility index (Phi) is 2.68. The molecule has 1 N–H and O–H groups in total. The molecule has 3 heteroatoms. The Labute approximate surface area is 91.9 Å². The molecule has 0 bridgehead atoms. The zero-order valence-electron chi connectivity index (χ0n) is 7.92. The van der Waals surface area contributed by atoms with Gasteiger partial charge in [-0.3, -0.25) is 4.99 Å². The Morgan fingerprint density at radius 1 is 1.29 bits per heavy atom. The number of amidine groups is 1. The van der Waals surface area contributed by atoms with Gasteiger partial charge in [0.15, 0.2) is 0 Å². The molecule has 0 saturated heterocycles. The highest BCUT2D eigenvalue weighted by Gasteiger charge is 2.05. The SMILES string of the molecule is CC1=CCN=C(c2ccc(Br)cc2)N1. The normalized spacial score (nSPS) is 15.6. The molecule has 2 nitrogen and oxygen atoms in total. The number of nitrogens with zero attached hydrogens (tertiary/aromatic N) is 1. The zero-order chi connectivity index (χ0) is 9.97. The van der Waals surface area contributed by atoms with Crippen molar-refractivity contribution in [1.82, 2.24) is 5.32 Å². The predicted octanol–water partition coefficient (Wildman–Crippen LogP) is 2.70. The summed E-state index contributed by atoms with van der Waals surface area (Å²) in [5, 5.41) is 3.25. The van der Waals surface area contributed by atoms with Crippen molar-refractivity contribution in [2.75, 3.05) is 6.54 Å². The van der Waals surface area contributed by atoms with E-state index in [4.69, 9.17) is 0 Å². The summed E-state index contributed by atoms with van der Waals surface area (Å²) in [5.41, 5.74) is 2.29. The third kappa shape index (κ3) is 2.04. The Balaban J connectivity index is 2.24. The van der Waals surface area contributed by atoms with Crippen LogP contribution in [0.2, 0.25) is 0 Å². The van der Waals surface area contributed by atoms with E-state index in [1.807, 2.05) is 19.1 Å². The fourth-order valence-corrected chi connectivity index (χ4v) is 1.59. The molecule has 0 saturated carbocycles. The third-order valence-corrected chi connectivity index (χ3v) is 2.61. The van der Waals surface area contributed by atoms with Crippen LogP contribution in [0.3, 0.4) is 0 Å². The molecule has 14 heavy (non-hydrogen) atoms. The summed E-state index contributed by atoms with van der Waals surface area (Å²) in [7, 11) is 0. The van der Waals surface area contributed by atoms with Crippen LogP contribution in [0.5, 0.6) is 0 Å². The van der Waals surface area contributed by atoms with Gasteiger partial charge in [-0.2, -0.15) is 0 Å². The molecule has 0 amide bonds. The molecule has 0 fully saturated rings. The van der Waals surface area contributed by atoms with E-state index in [1.54, 1.807) is 0 Å². The van der Waals surface area contributed by atoms with Crippen LogP contribution in [0, 0.1) is 0 Å². The van der Waals surface area contributed by atoms with Gasteiger partial charge in [-0.1, -0.05) is 28.1 Å². The highest BCUT2D eigenvalue weighted by Crippen LogP contribution is 2.12. The van der Waals surface area contributed by atoms with Gasteiger partial charge in [0.2, 0.25) is 0 Å². The van der Waals surface area contributed by atoms with Crippen molar-refractivity contribution >= 4 is 21.8 Å². The number of nitrogens with one attached hydrogen (secondary N) is 1. The van der Waals surface area contributed by atoms with E-state index < -0.39 is 0 Å². The van der Waals surface area contributed by atoms with Crippen LogP contribution >= 0.6 is 15.9 Å². The maximum absolute atomic E-state index is 4.39. The van der Waals surface area contributed by atoms with Crippen molar-refractivity contribution in [2.45, 2.75) is 6.92 Å². The first kappa shape index (κ1) is 9.46. The molecular weight excluding hydrogens is 240 g/mol.